The Morgan fingerprint density at radius 3 is 2.53 bits per heavy atom. The van der Waals surface area contributed by atoms with Crippen molar-refractivity contribution in [2.45, 2.75) is 31.1 Å². The number of halogens is 1. The highest BCUT2D eigenvalue weighted by molar-refractivity contribution is 7.99. The van der Waals surface area contributed by atoms with Crippen molar-refractivity contribution in [3.05, 3.63) is 124 Å². The first kappa shape index (κ1) is 30.2. The number of rotatable bonds is 10. The van der Waals surface area contributed by atoms with Crippen LogP contribution in [0.1, 0.15) is 44.6 Å². The van der Waals surface area contributed by atoms with Crippen LogP contribution < -0.4 is 10.1 Å². The number of hydrogen-bond acceptors (Lipinski definition) is 8. The Labute approximate surface area is 267 Å². The number of nitrogens with zero attached hydrogens (tertiary/aromatic N) is 5. The standard InChI is InChI=1S/C33H29FN6O3S2/c1-21-9-11-22(12-10-21)27-18-26(29-8-5-17-44-29)38-40(27)31(41)20-45-33-37-36-30(39(33)24-15-13-23(34)14-16-24)19-35-32(42)25-6-3-4-7-28(25)43-2/h3-17,27H,18-20H2,1-2H3,(H,35,42). The summed E-state index contributed by atoms with van der Waals surface area (Å²) < 4.78 is 20.8. The highest BCUT2D eigenvalue weighted by Crippen LogP contribution is 2.35. The van der Waals surface area contributed by atoms with Crippen LogP contribution in [0.4, 0.5) is 4.39 Å². The molecule has 0 saturated heterocycles. The molecule has 0 spiro atoms. The van der Waals surface area contributed by atoms with E-state index in [0.717, 1.165) is 21.7 Å². The van der Waals surface area contributed by atoms with Crippen molar-refractivity contribution < 1.29 is 18.7 Å². The Hall–Kier alpha value is -4.81. The third-order valence-corrected chi connectivity index (χ3v) is 9.13. The first-order chi connectivity index (χ1) is 21.9. The Morgan fingerprint density at radius 1 is 1.02 bits per heavy atom. The largest absolute Gasteiger partial charge is 0.496 e. The smallest absolute Gasteiger partial charge is 0.255 e. The molecule has 228 valence electrons. The Bertz CT molecular complexity index is 1840. The summed E-state index contributed by atoms with van der Waals surface area (Å²) in [6.45, 7) is 2.06. The lowest BCUT2D eigenvalue weighted by molar-refractivity contribution is -0.130. The van der Waals surface area contributed by atoms with Crippen LogP contribution in [-0.2, 0) is 11.3 Å². The normalized spacial score (nSPS) is 14.3. The van der Waals surface area contributed by atoms with Crippen LogP contribution in [0.5, 0.6) is 5.75 Å². The molecule has 0 fully saturated rings. The lowest BCUT2D eigenvalue weighted by Gasteiger charge is -2.22. The molecular weight excluding hydrogens is 612 g/mol. The molecule has 1 unspecified atom stereocenters. The van der Waals surface area contributed by atoms with E-state index < -0.39 is 5.82 Å². The molecule has 3 aromatic carbocycles. The van der Waals surface area contributed by atoms with Gasteiger partial charge in [0.25, 0.3) is 11.8 Å². The van der Waals surface area contributed by atoms with Gasteiger partial charge in [-0.2, -0.15) is 5.10 Å². The number of aromatic nitrogens is 3. The van der Waals surface area contributed by atoms with Crippen molar-refractivity contribution in [1.29, 1.82) is 0 Å². The second-order valence-corrected chi connectivity index (χ2v) is 12.2. The van der Waals surface area contributed by atoms with Gasteiger partial charge in [-0.25, -0.2) is 9.40 Å². The minimum atomic E-state index is -0.391. The van der Waals surface area contributed by atoms with Crippen LogP contribution in [0, 0.1) is 12.7 Å². The Kier molecular flexibility index (Phi) is 9.03. The van der Waals surface area contributed by atoms with Gasteiger partial charge in [0.2, 0.25) is 0 Å². The lowest BCUT2D eigenvalue weighted by Crippen LogP contribution is -2.28. The summed E-state index contributed by atoms with van der Waals surface area (Å²) >= 11 is 2.80. The molecule has 2 aromatic heterocycles. The van der Waals surface area contributed by atoms with Gasteiger partial charge in [-0.1, -0.05) is 59.8 Å². The number of amides is 2. The van der Waals surface area contributed by atoms with Gasteiger partial charge in [-0.15, -0.1) is 21.5 Å². The lowest BCUT2D eigenvalue weighted by atomic mass is 10.00. The van der Waals surface area contributed by atoms with Crippen LogP contribution in [0.3, 0.4) is 0 Å². The highest BCUT2D eigenvalue weighted by atomic mass is 32.2. The molecular formula is C33H29FN6O3S2. The van der Waals surface area contributed by atoms with E-state index in [-0.39, 0.29) is 30.2 Å². The summed E-state index contributed by atoms with van der Waals surface area (Å²) in [5.74, 6) is -0.0241. The predicted molar refractivity (Wildman–Crippen MR) is 172 cm³/mol. The van der Waals surface area contributed by atoms with E-state index in [1.165, 1.54) is 31.0 Å². The third-order valence-electron chi connectivity index (χ3n) is 7.30. The van der Waals surface area contributed by atoms with Crippen LogP contribution in [0.15, 0.2) is 101 Å². The zero-order chi connectivity index (χ0) is 31.3. The average Bonchev–Trinajstić information content (AvgIpc) is 3.84. The van der Waals surface area contributed by atoms with Gasteiger partial charge in [0.15, 0.2) is 11.0 Å². The maximum Gasteiger partial charge on any atom is 0.255 e. The van der Waals surface area contributed by atoms with E-state index >= 15 is 0 Å². The van der Waals surface area contributed by atoms with Crippen LogP contribution in [0.2, 0.25) is 0 Å². The third kappa shape index (κ3) is 6.66. The number of thioether (sulfide) groups is 1. The number of nitrogens with one attached hydrogen (secondary N) is 1. The molecule has 0 bridgehead atoms. The van der Waals surface area contributed by atoms with Crippen LogP contribution >= 0.6 is 23.1 Å². The molecule has 0 saturated carbocycles. The molecule has 0 aliphatic carbocycles. The molecule has 2 amide bonds. The molecule has 1 N–H and O–H groups in total. The molecule has 9 nitrogen and oxygen atoms in total. The summed E-state index contributed by atoms with van der Waals surface area (Å²) in [5, 5.41) is 20.3. The van der Waals surface area contributed by atoms with E-state index in [1.807, 2.05) is 48.7 Å². The minimum absolute atomic E-state index is 0.0336. The monoisotopic (exact) mass is 640 g/mol. The van der Waals surface area contributed by atoms with Crippen molar-refractivity contribution in [1.82, 2.24) is 25.1 Å². The maximum atomic E-state index is 13.8. The van der Waals surface area contributed by atoms with Crippen molar-refractivity contribution in [3.63, 3.8) is 0 Å². The first-order valence-electron chi connectivity index (χ1n) is 14.2. The van der Waals surface area contributed by atoms with Crippen molar-refractivity contribution in [3.8, 4) is 11.4 Å². The maximum absolute atomic E-state index is 13.8. The first-order valence-corrected chi connectivity index (χ1v) is 16.0. The van der Waals surface area contributed by atoms with E-state index in [2.05, 4.69) is 15.5 Å². The summed E-state index contributed by atoms with van der Waals surface area (Å²) in [6, 6.07) is 24.7. The van der Waals surface area contributed by atoms with Crippen molar-refractivity contribution in [2.75, 3.05) is 12.9 Å². The molecule has 6 rings (SSSR count). The van der Waals surface area contributed by atoms with Gasteiger partial charge < -0.3 is 10.1 Å². The predicted octanol–water partition coefficient (Wildman–Crippen LogP) is 6.18. The number of para-hydroxylation sites is 1. The number of carbonyl (C=O) groups excluding carboxylic acids is 2. The fraction of sp³-hybridized carbons (Fsp3) is 0.182. The summed E-state index contributed by atoms with van der Waals surface area (Å²) in [5.41, 5.74) is 3.99. The van der Waals surface area contributed by atoms with Crippen molar-refractivity contribution >= 4 is 40.6 Å². The van der Waals surface area contributed by atoms with Crippen molar-refractivity contribution in [2.24, 2.45) is 5.10 Å². The molecule has 5 aromatic rings. The Morgan fingerprint density at radius 2 is 1.80 bits per heavy atom. The molecule has 12 heteroatoms. The quantitative estimate of drug-likeness (QED) is 0.183. The number of ether oxygens (including phenoxy) is 1. The van der Waals surface area contributed by atoms with E-state index in [0.29, 0.717) is 34.4 Å². The molecule has 1 aliphatic rings. The molecule has 0 radical (unpaired) electrons. The number of aryl methyl sites for hydroxylation is 1. The topological polar surface area (TPSA) is 102 Å². The van der Waals surface area contributed by atoms with Gasteiger partial charge in [0.1, 0.15) is 11.6 Å². The van der Waals surface area contributed by atoms with Gasteiger partial charge >= 0.3 is 0 Å². The van der Waals surface area contributed by atoms with Gasteiger partial charge in [-0.3, -0.25) is 14.2 Å². The number of carbonyl (C=O) groups is 2. The van der Waals surface area contributed by atoms with Crippen LogP contribution in [-0.4, -0.2) is 50.2 Å². The number of hydrogen-bond donors (Lipinski definition) is 1. The number of hydrazone groups is 1. The van der Waals surface area contributed by atoms with E-state index in [1.54, 1.807) is 57.3 Å². The molecule has 1 aliphatic heterocycles. The van der Waals surface area contributed by atoms with Gasteiger partial charge in [0.05, 0.1) is 41.6 Å². The van der Waals surface area contributed by atoms with Gasteiger partial charge in [-0.05, 0) is 60.3 Å². The second-order valence-electron chi connectivity index (χ2n) is 10.3. The number of methoxy groups -OCH3 is 1. The van der Waals surface area contributed by atoms with E-state index in [9.17, 15) is 14.0 Å². The van der Waals surface area contributed by atoms with E-state index in [4.69, 9.17) is 9.84 Å². The minimum Gasteiger partial charge on any atom is -0.496 e. The SMILES string of the molecule is COc1ccccc1C(=O)NCc1nnc(SCC(=O)N2N=C(c3cccs3)CC2c2ccc(C)cc2)n1-c1ccc(F)cc1. The highest BCUT2D eigenvalue weighted by Gasteiger charge is 2.33. The number of benzene rings is 3. The Balaban J connectivity index is 1.24. The molecule has 3 heterocycles. The second kappa shape index (κ2) is 13.4. The molecule has 1 atom stereocenters. The fourth-order valence-corrected chi connectivity index (χ4v) is 6.56. The summed E-state index contributed by atoms with van der Waals surface area (Å²) in [6.07, 6.45) is 0.613. The van der Waals surface area contributed by atoms with Gasteiger partial charge in [0, 0.05) is 12.1 Å². The van der Waals surface area contributed by atoms with Crippen LogP contribution in [0.25, 0.3) is 5.69 Å². The number of thiophene rings is 1. The summed E-state index contributed by atoms with van der Waals surface area (Å²) in [4.78, 5) is 27.7. The summed E-state index contributed by atoms with van der Waals surface area (Å²) in [7, 11) is 1.50. The molecule has 45 heavy (non-hydrogen) atoms. The zero-order valence-electron chi connectivity index (χ0n) is 24.5. The fourth-order valence-electron chi connectivity index (χ4n) is 5.02. The zero-order valence-corrected chi connectivity index (χ0v) is 26.1. The average molecular weight is 641 g/mol.